The van der Waals surface area contributed by atoms with Gasteiger partial charge in [-0.1, -0.05) is 50.3 Å². The molecule has 0 aromatic heterocycles. The van der Waals surface area contributed by atoms with Gasteiger partial charge in [-0.2, -0.15) is 0 Å². The van der Waals surface area contributed by atoms with Gasteiger partial charge < -0.3 is 29.2 Å². The van der Waals surface area contributed by atoms with Gasteiger partial charge in [-0.05, 0) is 11.5 Å². The average Bonchev–Trinajstić information content (AvgIpc) is 2.80. The van der Waals surface area contributed by atoms with Gasteiger partial charge in [-0.3, -0.25) is 4.79 Å². The third kappa shape index (κ3) is 6.79. The molecule has 0 amide bonds. The van der Waals surface area contributed by atoms with Crippen molar-refractivity contribution in [1.82, 2.24) is 0 Å². The number of ether oxygens (including phenoxy) is 4. The summed E-state index contributed by atoms with van der Waals surface area (Å²) >= 11 is 0. The summed E-state index contributed by atoms with van der Waals surface area (Å²) < 4.78 is 37.7. The van der Waals surface area contributed by atoms with E-state index < -0.39 is 30.4 Å². The van der Waals surface area contributed by atoms with E-state index in [1.165, 1.54) is 20.3 Å². The Morgan fingerprint density at radius 1 is 1.09 bits per heavy atom. The minimum absolute atomic E-state index is 0.00360. The monoisotopic (exact) mass is 476 g/mol. The first kappa shape index (κ1) is 27.3. The Hall–Kier alpha value is -2.94. The number of rotatable bonds is 13. The van der Waals surface area contributed by atoms with Gasteiger partial charge in [0.05, 0.1) is 37.9 Å². The van der Waals surface area contributed by atoms with E-state index in [0.29, 0.717) is 11.1 Å². The molecule has 2 atom stereocenters. The van der Waals surface area contributed by atoms with Crippen molar-refractivity contribution in [2.24, 2.45) is 0 Å². The Balaban J connectivity index is 2.63. The molecule has 2 N–H and O–H groups in total. The standard InChI is InChI=1S/C26H33FO7/c1-6-18(28)14-19(29)15-20(30)34-24-21(16(2)3)23(27)26(33-13-12-31-4)25(32-5)22(24)17-10-8-7-9-11-17/h6-11,16,18-19,28-29H,1,12-15H2,2-5H3. The van der Waals surface area contributed by atoms with E-state index in [4.69, 9.17) is 18.9 Å². The molecule has 7 nitrogen and oxygen atoms in total. The van der Waals surface area contributed by atoms with Crippen LogP contribution < -0.4 is 14.2 Å². The van der Waals surface area contributed by atoms with E-state index in [1.54, 1.807) is 38.1 Å². The van der Waals surface area contributed by atoms with Crippen LogP contribution in [0.4, 0.5) is 4.39 Å². The molecule has 0 heterocycles. The highest BCUT2D eigenvalue weighted by molar-refractivity contribution is 5.85. The fourth-order valence-corrected chi connectivity index (χ4v) is 3.52. The van der Waals surface area contributed by atoms with Crippen LogP contribution >= 0.6 is 0 Å². The molecule has 2 unspecified atom stereocenters. The first-order valence-electron chi connectivity index (χ1n) is 11.0. The van der Waals surface area contributed by atoms with E-state index in [2.05, 4.69) is 6.58 Å². The predicted octanol–water partition coefficient (Wildman–Crippen LogP) is 4.24. The fourth-order valence-electron chi connectivity index (χ4n) is 3.52. The molecule has 0 aliphatic rings. The van der Waals surface area contributed by atoms with Gasteiger partial charge in [0.1, 0.15) is 12.4 Å². The summed E-state index contributed by atoms with van der Waals surface area (Å²) in [4.78, 5) is 12.8. The zero-order valence-corrected chi connectivity index (χ0v) is 20.0. The van der Waals surface area contributed by atoms with Gasteiger partial charge in [0.15, 0.2) is 17.3 Å². The van der Waals surface area contributed by atoms with Crippen LogP contribution in [0, 0.1) is 5.82 Å². The van der Waals surface area contributed by atoms with Crippen molar-refractivity contribution in [2.45, 2.75) is 44.8 Å². The number of esters is 1. The van der Waals surface area contributed by atoms with Crippen LogP contribution in [0.15, 0.2) is 43.0 Å². The maximum absolute atomic E-state index is 15.8. The Morgan fingerprint density at radius 2 is 1.76 bits per heavy atom. The molecule has 186 valence electrons. The summed E-state index contributed by atoms with van der Waals surface area (Å²) in [5.74, 6) is -1.89. The lowest BCUT2D eigenvalue weighted by Crippen LogP contribution is -2.23. The summed E-state index contributed by atoms with van der Waals surface area (Å²) in [7, 11) is 2.89. The van der Waals surface area contributed by atoms with Gasteiger partial charge in [-0.15, -0.1) is 6.58 Å². The normalized spacial score (nSPS) is 12.8. The highest BCUT2D eigenvalue weighted by Gasteiger charge is 2.31. The molecule has 0 aliphatic heterocycles. The minimum atomic E-state index is -1.16. The van der Waals surface area contributed by atoms with E-state index in [1.807, 2.05) is 6.07 Å². The van der Waals surface area contributed by atoms with Crippen molar-refractivity contribution in [3.63, 3.8) is 0 Å². The van der Waals surface area contributed by atoms with Crippen molar-refractivity contribution in [3.8, 4) is 28.4 Å². The zero-order chi connectivity index (χ0) is 25.3. The molecule has 0 spiro atoms. The summed E-state index contributed by atoms with van der Waals surface area (Å²) in [6.45, 7) is 7.32. The number of hydrogen-bond acceptors (Lipinski definition) is 7. The molecule has 0 saturated heterocycles. The number of carbonyl (C=O) groups excluding carboxylic acids is 1. The number of halogens is 1. The van der Waals surface area contributed by atoms with Gasteiger partial charge in [0, 0.05) is 19.1 Å². The van der Waals surface area contributed by atoms with E-state index in [0.717, 1.165) is 0 Å². The van der Waals surface area contributed by atoms with Gasteiger partial charge >= 0.3 is 5.97 Å². The van der Waals surface area contributed by atoms with Crippen molar-refractivity contribution in [2.75, 3.05) is 27.4 Å². The molecule has 0 saturated carbocycles. The Morgan fingerprint density at radius 3 is 2.32 bits per heavy atom. The van der Waals surface area contributed by atoms with Crippen LogP contribution in [-0.2, 0) is 9.53 Å². The van der Waals surface area contributed by atoms with Crippen LogP contribution in [0.3, 0.4) is 0 Å². The van der Waals surface area contributed by atoms with Gasteiger partial charge in [-0.25, -0.2) is 4.39 Å². The van der Waals surface area contributed by atoms with Crippen LogP contribution in [-0.4, -0.2) is 55.8 Å². The molecular formula is C26H33FO7. The number of benzene rings is 2. The second kappa shape index (κ2) is 13.1. The van der Waals surface area contributed by atoms with Crippen molar-refractivity contribution in [1.29, 1.82) is 0 Å². The molecule has 34 heavy (non-hydrogen) atoms. The number of aliphatic hydroxyl groups is 2. The predicted molar refractivity (Wildman–Crippen MR) is 127 cm³/mol. The molecule has 2 aromatic carbocycles. The molecule has 8 heteroatoms. The number of carbonyl (C=O) groups is 1. The van der Waals surface area contributed by atoms with E-state index in [-0.39, 0.29) is 48.4 Å². The largest absolute Gasteiger partial charge is 0.492 e. The first-order valence-corrected chi connectivity index (χ1v) is 11.0. The summed E-state index contributed by atoms with van der Waals surface area (Å²) in [5.41, 5.74) is 1.12. The summed E-state index contributed by atoms with van der Waals surface area (Å²) in [6.07, 6.45) is -1.33. The third-order valence-electron chi connectivity index (χ3n) is 5.12. The maximum atomic E-state index is 15.8. The van der Waals surface area contributed by atoms with Crippen LogP contribution in [0.5, 0.6) is 17.2 Å². The lowest BCUT2D eigenvalue weighted by molar-refractivity contribution is -0.136. The zero-order valence-electron chi connectivity index (χ0n) is 20.0. The topological polar surface area (TPSA) is 94.5 Å². The molecular weight excluding hydrogens is 443 g/mol. The molecule has 0 bridgehead atoms. The maximum Gasteiger partial charge on any atom is 0.313 e. The van der Waals surface area contributed by atoms with Crippen molar-refractivity contribution in [3.05, 3.63) is 54.4 Å². The number of methoxy groups -OCH3 is 2. The number of hydrogen-bond donors (Lipinski definition) is 2. The minimum Gasteiger partial charge on any atom is -0.492 e. The van der Waals surface area contributed by atoms with E-state index >= 15 is 4.39 Å². The third-order valence-corrected chi connectivity index (χ3v) is 5.12. The number of aliphatic hydroxyl groups excluding tert-OH is 2. The highest BCUT2D eigenvalue weighted by atomic mass is 19.1. The Labute approximate surface area is 199 Å². The molecule has 2 rings (SSSR count). The molecule has 2 aromatic rings. The molecule has 0 fully saturated rings. The quantitative estimate of drug-likeness (QED) is 0.193. The van der Waals surface area contributed by atoms with Gasteiger partial charge in [0.25, 0.3) is 0 Å². The van der Waals surface area contributed by atoms with E-state index in [9.17, 15) is 15.0 Å². The lowest BCUT2D eigenvalue weighted by atomic mass is 9.93. The summed E-state index contributed by atoms with van der Waals surface area (Å²) in [6, 6.07) is 8.98. The van der Waals surface area contributed by atoms with Crippen molar-refractivity contribution >= 4 is 5.97 Å². The Bertz CT molecular complexity index is 960. The second-order valence-electron chi connectivity index (χ2n) is 8.03. The lowest BCUT2D eigenvalue weighted by Gasteiger charge is -2.24. The molecule has 0 radical (unpaired) electrons. The van der Waals surface area contributed by atoms with Crippen LogP contribution in [0.25, 0.3) is 11.1 Å². The average molecular weight is 477 g/mol. The van der Waals surface area contributed by atoms with Crippen LogP contribution in [0.1, 0.15) is 38.2 Å². The van der Waals surface area contributed by atoms with Crippen molar-refractivity contribution < 1.29 is 38.3 Å². The second-order valence-corrected chi connectivity index (χ2v) is 8.03. The first-order chi connectivity index (χ1) is 16.2. The van der Waals surface area contributed by atoms with Gasteiger partial charge in [0.2, 0.25) is 0 Å². The fraction of sp³-hybridized carbons (Fsp3) is 0.423. The summed E-state index contributed by atoms with van der Waals surface area (Å²) in [5, 5.41) is 19.8. The Kier molecular flexibility index (Phi) is 10.5. The smallest absolute Gasteiger partial charge is 0.313 e. The molecule has 0 aliphatic carbocycles. The van der Waals surface area contributed by atoms with Crippen LogP contribution in [0.2, 0.25) is 0 Å². The SMILES string of the molecule is C=CC(O)CC(O)CC(=O)Oc1c(-c2ccccc2)c(OC)c(OCCOC)c(F)c1C(C)C. The highest BCUT2D eigenvalue weighted by Crippen LogP contribution is 2.51.